The molecule has 0 bridgehead atoms. The van der Waals surface area contributed by atoms with Gasteiger partial charge >= 0.3 is 0 Å². The van der Waals surface area contributed by atoms with E-state index in [1.807, 2.05) is 34.9 Å². The fraction of sp³-hybridized carbons (Fsp3) is 0.577. The van der Waals surface area contributed by atoms with E-state index in [4.69, 9.17) is 4.98 Å². The van der Waals surface area contributed by atoms with Gasteiger partial charge in [-0.25, -0.2) is 4.98 Å². The Morgan fingerprint density at radius 2 is 1.77 bits per heavy atom. The van der Waals surface area contributed by atoms with E-state index in [9.17, 15) is 9.59 Å². The Balaban J connectivity index is 1.31. The lowest BCUT2D eigenvalue weighted by molar-refractivity contribution is -0.136. The monoisotopic (exact) mass is 419 g/mol. The quantitative estimate of drug-likeness (QED) is 0.730. The van der Waals surface area contributed by atoms with Crippen molar-refractivity contribution in [1.29, 1.82) is 0 Å². The molecular formula is C26H33N3O2. The predicted molar refractivity (Wildman–Crippen MR) is 122 cm³/mol. The molecule has 1 aromatic carbocycles. The summed E-state index contributed by atoms with van der Waals surface area (Å²) in [6.07, 6.45) is 8.29. The molecule has 2 aliphatic heterocycles. The highest BCUT2D eigenvalue weighted by atomic mass is 16.2. The number of nitrogens with zero attached hydrogens (tertiary/aromatic N) is 3. The third-order valence-corrected chi connectivity index (χ3v) is 8.02. The van der Waals surface area contributed by atoms with E-state index < -0.39 is 0 Å². The number of benzene rings is 1. The number of aromatic nitrogens is 2. The Bertz CT molecular complexity index is 1010. The first kappa shape index (κ1) is 20.5. The number of likely N-dealkylation sites (tertiary alicyclic amines) is 1. The van der Waals surface area contributed by atoms with Crippen LogP contribution in [0.5, 0.6) is 0 Å². The third-order valence-electron chi connectivity index (χ3n) is 8.02. The topological polar surface area (TPSA) is 55.2 Å². The summed E-state index contributed by atoms with van der Waals surface area (Å²) in [6.45, 7) is 4.73. The minimum atomic E-state index is 0.0446. The zero-order valence-electron chi connectivity index (χ0n) is 18.6. The van der Waals surface area contributed by atoms with Gasteiger partial charge in [0.1, 0.15) is 5.82 Å². The summed E-state index contributed by atoms with van der Waals surface area (Å²) in [5.74, 6) is 2.27. The summed E-state index contributed by atoms with van der Waals surface area (Å²) in [4.78, 5) is 33.0. The first-order valence-corrected chi connectivity index (χ1v) is 12.0. The van der Waals surface area contributed by atoms with Crippen molar-refractivity contribution in [2.24, 2.45) is 17.3 Å². The van der Waals surface area contributed by atoms with Crippen LogP contribution in [0, 0.1) is 17.3 Å². The molecule has 5 heteroatoms. The zero-order chi connectivity index (χ0) is 21.4. The maximum Gasteiger partial charge on any atom is 0.254 e. The van der Waals surface area contributed by atoms with Gasteiger partial charge in [0.2, 0.25) is 5.91 Å². The maximum atomic E-state index is 13.2. The van der Waals surface area contributed by atoms with E-state index in [2.05, 4.69) is 11.8 Å². The van der Waals surface area contributed by atoms with E-state index in [0.29, 0.717) is 12.5 Å². The molecule has 2 fully saturated rings. The molecule has 0 radical (unpaired) electrons. The number of aryl methyl sites for hydroxylation is 1. The van der Waals surface area contributed by atoms with Crippen molar-refractivity contribution in [3.05, 3.63) is 52.6 Å². The van der Waals surface area contributed by atoms with Gasteiger partial charge in [0.15, 0.2) is 0 Å². The fourth-order valence-corrected chi connectivity index (χ4v) is 5.89. The third kappa shape index (κ3) is 4.07. The van der Waals surface area contributed by atoms with Crippen molar-refractivity contribution in [3.8, 4) is 11.3 Å². The molecule has 1 saturated heterocycles. The van der Waals surface area contributed by atoms with Crippen LogP contribution in [0.15, 0.2) is 41.2 Å². The van der Waals surface area contributed by atoms with Gasteiger partial charge in [0.25, 0.3) is 5.56 Å². The summed E-state index contributed by atoms with van der Waals surface area (Å²) in [7, 11) is 0. The van der Waals surface area contributed by atoms with Gasteiger partial charge in [0.05, 0.1) is 5.69 Å². The van der Waals surface area contributed by atoms with Crippen LogP contribution < -0.4 is 5.56 Å². The van der Waals surface area contributed by atoms with Gasteiger partial charge < -0.3 is 4.90 Å². The van der Waals surface area contributed by atoms with Crippen LogP contribution in [0.1, 0.15) is 57.7 Å². The lowest BCUT2D eigenvalue weighted by Crippen LogP contribution is -2.38. The minimum absolute atomic E-state index is 0.0446. The summed E-state index contributed by atoms with van der Waals surface area (Å²) >= 11 is 0. The zero-order valence-corrected chi connectivity index (χ0v) is 18.6. The SMILES string of the molecule is CC1CCC(C(=O)N2CCC3(CCc4nc(-c5ccccc5)cc(=O)n4CC3)C2)CC1. The minimum Gasteiger partial charge on any atom is -0.342 e. The predicted octanol–water partition coefficient (Wildman–Crippen LogP) is 4.29. The van der Waals surface area contributed by atoms with Crippen molar-refractivity contribution in [2.45, 2.75) is 64.8 Å². The van der Waals surface area contributed by atoms with Crippen molar-refractivity contribution in [2.75, 3.05) is 13.1 Å². The fourth-order valence-electron chi connectivity index (χ4n) is 5.89. The molecule has 2 aromatic rings. The van der Waals surface area contributed by atoms with Gasteiger partial charge in [-0.2, -0.15) is 0 Å². The molecule has 31 heavy (non-hydrogen) atoms. The second-order valence-corrected chi connectivity index (χ2v) is 10.1. The van der Waals surface area contributed by atoms with Gasteiger partial charge in [-0.3, -0.25) is 14.2 Å². The van der Waals surface area contributed by atoms with Gasteiger partial charge in [-0.15, -0.1) is 0 Å². The van der Waals surface area contributed by atoms with E-state index in [1.165, 1.54) is 12.8 Å². The lowest BCUT2D eigenvalue weighted by Gasteiger charge is -2.31. The van der Waals surface area contributed by atoms with Crippen LogP contribution in [0.4, 0.5) is 0 Å². The number of fused-ring (bicyclic) bond motifs is 1. The average molecular weight is 420 g/mol. The van der Waals surface area contributed by atoms with Gasteiger partial charge in [-0.05, 0) is 56.3 Å². The van der Waals surface area contributed by atoms with Crippen molar-refractivity contribution in [3.63, 3.8) is 0 Å². The molecule has 164 valence electrons. The van der Waals surface area contributed by atoms with Crippen LogP contribution >= 0.6 is 0 Å². The lowest BCUT2D eigenvalue weighted by atomic mass is 9.79. The normalized spacial score (nSPS) is 28.4. The van der Waals surface area contributed by atoms with E-state index in [1.54, 1.807) is 6.07 Å². The Labute approximate surface area is 184 Å². The molecule has 1 saturated carbocycles. The van der Waals surface area contributed by atoms with Crippen LogP contribution in [0.2, 0.25) is 0 Å². The Kier molecular flexibility index (Phi) is 5.45. The molecule has 5 nitrogen and oxygen atoms in total. The largest absolute Gasteiger partial charge is 0.342 e. The first-order chi connectivity index (χ1) is 15.0. The number of hydrogen-bond donors (Lipinski definition) is 0. The number of carbonyl (C=O) groups is 1. The highest BCUT2D eigenvalue weighted by molar-refractivity contribution is 5.79. The highest BCUT2D eigenvalue weighted by Crippen LogP contribution is 2.42. The summed E-state index contributed by atoms with van der Waals surface area (Å²) in [6, 6.07) is 11.6. The number of hydrogen-bond acceptors (Lipinski definition) is 3. The molecule has 1 amide bonds. The molecule has 0 N–H and O–H groups in total. The van der Waals surface area contributed by atoms with E-state index in [0.717, 1.165) is 74.6 Å². The van der Waals surface area contributed by atoms with E-state index >= 15 is 0 Å². The molecule has 1 aliphatic carbocycles. The maximum absolute atomic E-state index is 13.2. The molecular weight excluding hydrogens is 386 g/mol. The Hall–Kier alpha value is -2.43. The van der Waals surface area contributed by atoms with Crippen molar-refractivity contribution < 1.29 is 4.79 Å². The summed E-state index contributed by atoms with van der Waals surface area (Å²) < 4.78 is 1.87. The second-order valence-electron chi connectivity index (χ2n) is 10.1. The molecule has 3 aliphatic rings. The highest BCUT2D eigenvalue weighted by Gasteiger charge is 2.42. The Morgan fingerprint density at radius 3 is 2.55 bits per heavy atom. The molecule has 1 atom stereocenters. The summed E-state index contributed by atoms with van der Waals surface area (Å²) in [5.41, 5.74) is 1.93. The second kappa shape index (κ2) is 8.25. The smallest absolute Gasteiger partial charge is 0.254 e. The average Bonchev–Trinajstić information content (AvgIpc) is 3.12. The Morgan fingerprint density at radius 1 is 1.03 bits per heavy atom. The molecule has 1 spiro atoms. The summed E-state index contributed by atoms with van der Waals surface area (Å²) in [5, 5.41) is 0. The standard InChI is InChI=1S/C26H33N3O2/c1-19-7-9-21(10-8-19)25(31)28-15-13-26(18-28)12-11-23-27-22(20-5-3-2-4-6-20)17-24(30)29(23)16-14-26/h2-6,17,19,21H,7-16,18H2,1H3. The molecule has 5 rings (SSSR count). The number of carbonyl (C=O) groups excluding carboxylic acids is 1. The van der Waals surface area contributed by atoms with Gasteiger partial charge in [-0.1, -0.05) is 37.3 Å². The van der Waals surface area contributed by atoms with Crippen LogP contribution in [-0.4, -0.2) is 33.4 Å². The molecule has 1 aromatic heterocycles. The molecule has 3 heterocycles. The number of rotatable bonds is 2. The first-order valence-electron chi connectivity index (χ1n) is 12.0. The van der Waals surface area contributed by atoms with Crippen LogP contribution in [0.3, 0.4) is 0 Å². The van der Waals surface area contributed by atoms with Crippen molar-refractivity contribution in [1.82, 2.24) is 14.5 Å². The number of amides is 1. The molecule has 1 unspecified atom stereocenters. The van der Waals surface area contributed by atoms with Crippen molar-refractivity contribution >= 4 is 5.91 Å². The van der Waals surface area contributed by atoms with Crippen LogP contribution in [0.25, 0.3) is 11.3 Å². The van der Waals surface area contributed by atoms with E-state index in [-0.39, 0.29) is 16.9 Å². The van der Waals surface area contributed by atoms with Gasteiger partial charge in [0, 0.05) is 43.6 Å². The van der Waals surface area contributed by atoms with Crippen LogP contribution in [-0.2, 0) is 17.8 Å².